The van der Waals surface area contributed by atoms with Crippen LogP contribution >= 0.6 is 22.7 Å². The van der Waals surface area contributed by atoms with Crippen LogP contribution < -0.4 is 5.56 Å². The molecule has 0 radical (unpaired) electrons. The van der Waals surface area contributed by atoms with Gasteiger partial charge in [0.25, 0.3) is 5.56 Å². The van der Waals surface area contributed by atoms with Gasteiger partial charge in [0, 0.05) is 46.9 Å². The minimum Gasteiger partial charge on any atom is -0.309 e. The van der Waals surface area contributed by atoms with E-state index in [2.05, 4.69) is 16.0 Å². The van der Waals surface area contributed by atoms with E-state index in [-0.39, 0.29) is 5.56 Å². The van der Waals surface area contributed by atoms with E-state index < -0.39 is 10.0 Å². The Kier molecular flexibility index (Phi) is 5.72. The maximum absolute atomic E-state index is 12.9. The number of nitrogens with one attached hydrogen (secondary N) is 1. The first kappa shape index (κ1) is 21.5. The van der Waals surface area contributed by atoms with Gasteiger partial charge in [-0.15, -0.1) is 22.7 Å². The fourth-order valence-corrected chi connectivity index (χ4v) is 7.28. The summed E-state index contributed by atoms with van der Waals surface area (Å²) >= 11 is 3.15. The maximum atomic E-state index is 12.9. The zero-order valence-corrected chi connectivity index (χ0v) is 19.9. The number of H-pyrrole nitrogens is 1. The van der Waals surface area contributed by atoms with Crippen molar-refractivity contribution in [1.29, 1.82) is 0 Å². The van der Waals surface area contributed by atoms with E-state index in [9.17, 15) is 13.2 Å². The molecule has 0 bridgehead atoms. The molecular formula is C22H22N4O3S3. The Labute approximate surface area is 194 Å². The Balaban J connectivity index is 1.30. The van der Waals surface area contributed by atoms with Crippen molar-refractivity contribution < 1.29 is 8.42 Å². The van der Waals surface area contributed by atoms with E-state index in [4.69, 9.17) is 4.98 Å². The van der Waals surface area contributed by atoms with Crippen LogP contribution in [0, 0.1) is 6.92 Å². The average molecular weight is 487 g/mol. The topological polar surface area (TPSA) is 86.4 Å². The number of fused-ring (bicyclic) bond motifs is 1. The molecule has 32 heavy (non-hydrogen) atoms. The first-order valence-electron chi connectivity index (χ1n) is 10.3. The first-order chi connectivity index (χ1) is 15.4. The number of thiophene rings is 2. The van der Waals surface area contributed by atoms with Crippen molar-refractivity contribution in [2.75, 3.05) is 26.2 Å². The van der Waals surface area contributed by atoms with Crippen LogP contribution in [0.4, 0.5) is 0 Å². The fourth-order valence-electron chi connectivity index (χ4n) is 3.91. The van der Waals surface area contributed by atoms with Crippen LogP contribution in [0.25, 0.3) is 20.7 Å². The number of aromatic nitrogens is 2. The highest BCUT2D eigenvalue weighted by Gasteiger charge is 2.28. The van der Waals surface area contributed by atoms with Gasteiger partial charge in [0.1, 0.15) is 10.7 Å². The number of sulfonamides is 1. The van der Waals surface area contributed by atoms with Crippen LogP contribution in [0.3, 0.4) is 0 Å². The fraction of sp³-hybridized carbons (Fsp3) is 0.273. The van der Waals surface area contributed by atoms with E-state index in [0.29, 0.717) is 48.8 Å². The number of aryl methyl sites for hydroxylation is 1. The van der Waals surface area contributed by atoms with Crippen molar-refractivity contribution in [3.05, 3.63) is 68.9 Å². The summed E-state index contributed by atoms with van der Waals surface area (Å²) in [7, 11) is -3.48. The lowest BCUT2D eigenvalue weighted by atomic mass is 10.2. The number of aromatic amines is 1. The van der Waals surface area contributed by atoms with Crippen molar-refractivity contribution >= 4 is 42.9 Å². The molecule has 1 aliphatic rings. The smallest absolute Gasteiger partial charge is 0.260 e. The van der Waals surface area contributed by atoms with E-state index in [1.165, 1.54) is 20.5 Å². The lowest BCUT2D eigenvalue weighted by molar-refractivity contribution is 0.178. The van der Waals surface area contributed by atoms with Gasteiger partial charge in [0.15, 0.2) is 0 Å². The van der Waals surface area contributed by atoms with Crippen molar-refractivity contribution in [1.82, 2.24) is 19.2 Å². The molecular weight excluding hydrogens is 464 g/mol. The second-order valence-electron chi connectivity index (χ2n) is 7.75. The molecule has 1 fully saturated rings. The molecule has 10 heteroatoms. The van der Waals surface area contributed by atoms with Gasteiger partial charge in [0.05, 0.1) is 16.8 Å². The Morgan fingerprint density at radius 1 is 1.06 bits per heavy atom. The van der Waals surface area contributed by atoms with Crippen LogP contribution in [0.5, 0.6) is 0 Å². The van der Waals surface area contributed by atoms with Crippen LogP contribution in [-0.2, 0) is 16.6 Å². The Bertz CT molecular complexity index is 1420. The van der Waals surface area contributed by atoms with Gasteiger partial charge in [-0.25, -0.2) is 13.4 Å². The molecule has 1 aromatic carbocycles. The summed E-state index contributed by atoms with van der Waals surface area (Å²) < 4.78 is 27.1. The number of nitrogens with zero attached hydrogens (tertiary/aromatic N) is 3. The summed E-state index contributed by atoms with van der Waals surface area (Å²) in [5, 5.41) is 2.63. The third kappa shape index (κ3) is 4.04. The maximum Gasteiger partial charge on any atom is 0.260 e. The second kappa shape index (κ2) is 8.53. The Morgan fingerprint density at radius 3 is 2.50 bits per heavy atom. The Hall–Kier alpha value is -2.37. The minimum absolute atomic E-state index is 0.127. The molecule has 0 saturated carbocycles. The molecule has 0 atom stereocenters. The molecule has 1 saturated heterocycles. The van der Waals surface area contributed by atoms with Gasteiger partial charge >= 0.3 is 0 Å². The van der Waals surface area contributed by atoms with Crippen molar-refractivity contribution in [3.8, 4) is 10.4 Å². The van der Waals surface area contributed by atoms with Crippen molar-refractivity contribution in [3.63, 3.8) is 0 Å². The van der Waals surface area contributed by atoms with Gasteiger partial charge in [-0.3, -0.25) is 9.69 Å². The second-order valence-corrected chi connectivity index (χ2v) is 11.8. The van der Waals surface area contributed by atoms with E-state index in [0.717, 1.165) is 15.3 Å². The van der Waals surface area contributed by atoms with Crippen LogP contribution in [0.1, 0.15) is 10.7 Å². The number of benzene rings is 1. The summed E-state index contributed by atoms with van der Waals surface area (Å²) in [4.78, 5) is 25.9. The SMILES string of the molecule is Cc1ccc(-c2csc3nc(CN4CCN(S(=O)(=O)c5ccccc5)CC4)[nH]c(=O)c23)s1. The molecule has 7 nitrogen and oxygen atoms in total. The lowest BCUT2D eigenvalue weighted by Crippen LogP contribution is -2.48. The number of hydrogen-bond acceptors (Lipinski definition) is 7. The van der Waals surface area contributed by atoms with E-state index in [1.54, 1.807) is 41.7 Å². The van der Waals surface area contributed by atoms with Crippen LogP contribution in [0.15, 0.2) is 57.5 Å². The number of hydrogen-bond donors (Lipinski definition) is 1. The monoisotopic (exact) mass is 486 g/mol. The standard InChI is InChI=1S/C22H22N4O3S3/c1-15-7-8-18(31-15)17-14-30-22-20(17)21(27)23-19(24-22)13-25-9-11-26(12-10-25)32(28,29)16-5-3-2-4-6-16/h2-8,14H,9-13H2,1H3,(H,23,24,27). The molecule has 166 valence electrons. The number of rotatable bonds is 5. The highest BCUT2D eigenvalue weighted by molar-refractivity contribution is 7.89. The lowest BCUT2D eigenvalue weighted by Gasteiger charge is -2.33. The minimum atomic E-state index is -3.48. The summed E-state index contributed by atoms with van der Waals surface area (Å²) in [5.41, 5.74) is 0.806. The molecule has 0 unspecified atom stereocenters. The normalized spacial score (nSPS) is 16.0. The third-order valence-corrected chi connectivity index (χ3v) is 9.40. The molecule has 3 aromatic heterocycles. The van der Waals surface area contributed by atoms with Gasteiger partial charge in [-0.1, -0.05) is 18.2 Å². The molecule has 1 aliphatic heterocycles. The quantitative estimate of drug-likeness (QED) is 0.466. The predicted octanol–water partition coefficient (Wildman–Crippen LogP) is 3.53. The predicted molar refractivity (Wildman–Crippen MR) is 129 cm³/mol. The van der Waals surface area contributed by atoms with Crippen LogP contribution in [0.2, 0.25) is 0 Å². The molecule has 4 aromatic rings. The summed E-state index contributed by atoms with van der Waals surface area (Å²) in [5.74, 6) is 0.609. The average Bonchev–Trinajstić information content (AvgIpc) is 3.41. The first-order valence-corrected chi connectivity index (χ1v) is 13.4. The van der Waals surface area contributed by atoms with Crippen molar-refractivity contribution in [2.24, 2.45) is 0 Å². The van der Waals surface area contributed by atoms with Crippen molar-refractivity contribution in [2.45, 2.75) is 18.4 Å². The van der Waals surface area contributed by atoms with E-state index in [1.807, 2.05) is 18.4 Å². The number of piperazine rings is 1. The van der Waals surface area contributed by atoms with Gasteiger partial charge in [-0.05, 0) is 31.2 Å². The molecule has 0 aliphatic carbocycles. The summed E-state index contributed by atoms with van der Waals surface area (Å²) in [6.45, 7) is 4.51. The summed E-state index contributed by atoms with van der Waals surface area (Å²) in [6.07, 6.45) is 0. The van der Waals surface area contributed by atoms with E-state index >= 15 is 0 Å². The Morgan fingerprint density at radius 2 is 1.81 bits per heavy atom. The molecule has 0 amide bonds. The largest absolute Gasteiger partial charge is 0.309 e. The zero-order chi connectivity index (χ0) is 22.3. The van der Waals surface area contributed by atoms with Crippen LogP contribution in [-0.4, -0.2) is 53.8 Å². The van der Waals surface area contributed by atoms with Gasteiger partial charge in [0.2, 0.25) is 10.0 Å². The van der Waals surface area contributed by atoms with Gasteiger partial charge < -0.3 is 4.98 Å². The molecule has 5 rings (SSSR count). The third-order valence-electron chi connectivity index (χ3n) is 5.58. The highest BCUT2D eigenvalue weighted by Crippen LogP contribution is 2.35. The molecule has 0 spiro atoms. The highest BCUT2D eigenvalue weighted by atomic mass is 32.2. The molecule has 4 heterocycles. The molecule has 1 N–H and O–H groups in total. The summed E-state index contributed by atoms with van der Waals surface area (Å²) in [6, 6.07) is 12.6. The zero-order valence-electron chi connectivity index (χ0n) is 17.4. The van der Waals surface area contributed by atoms with Gasteiger partial charge in [-0.2, -0.15) is 4.31 Å².